The molecule has 18 heavy (non-hydrogen) atoms. The molecule has 0 radical (unpaired) electrons. The average molecular weight is 263 g/mol. The minimum atomic E-state index is -0.503. The lowest BCUT2D eigenvalue weighted by Crippen LogP contribution is -2.30. The molecule has 4 heteroatoms. The van der Waals surface area contributed by atoms with E-state index in [1.165, 1.54) is 0 Å². The van der Waals surface area contributed by atoms with Crippen LogP contribution >= 0.6 is 11.8 Å². The van der Waals surface area contributed by atoms with Gasteiger partial charge in [0.05, 0.1) is 13.2 Å². The van der Waals surface area contributed by atoms with Gasteiger partial charge in [-0.15, -0.1) is 18.2 Å². The molecule has 0 aliphatic carbocycles. The fourth-order valence-corrected chi connectivity index (χ4v) is 1.93. The van der Waals surface area contributed by atoms with Gasteiger partial charge in [0, 0.05) is 4.90 Å². The second-order valence-corrected chi connectivity index (χ2v) is 4.42. The van der Waals surface area contributed by atoms with Crippen LogP contribution in [0, 0.1) is 12.3 Å². The van der Waals surface area contributed by atoms with Crippen LogP contribution in [0.25, 0.3) is 0 Å². The predicted octanol–water partition coefficient (Wildman–Crippen LogP) is 2.24. The van der Waals surface area contributed by atoms with Crippen LogP contribution < -0.4 is 5.32 Å². The van der Waals surface area contributed by atoms with Gasteiger partial charge >= 0.3 is 5.97 Å². The number of carbonyl (C=O) groups excluding carboxylic acids is 1. The normalized spacial score (nSPS) is 11.6. The van der Waals surface area contributed by atoms with Crippen molar-refractivity contribution in [3.05, 3.63) is 29.8 Å². The quantitative estimate of drug-likeness (QED) is 0.485. The number of nitrogens with one attached hydrogen (secondary N) is 1. The molecule has 0 spiro atoms. The van der Waals surface area contributed by atoms with E-state index in [-0.39, 0.29) is 5.97 Å². The Kier molecular flexibility index (Phi) is 6.34. The number of thioether (sulfide) groups is 1. The number of rotatable bonds is 6. The van der Waals surface area contributed by atoms with Gasteiger partial charge in [-0.3, -0.25) is 5.32 Å². The summed E-state index contributed by atoms with van der Waals surface area (Å²) in [5.74, 6) is 2.16. The Labute approximate surface area is 112 Å². The standard InChI is InChI=1S/C14H17NO2S/c1-4-10-15-13(14(16)17-5-2)11-6-8-12(18-3)9-7-11/h1,6-9,13,15H,5,10H2,2-3H3. The Morgan fingerprint density at radius 2 is 2.17 bits per heavy atom. The van der Waals surface area contributed by atoms with E-state index < -0.39 is 6.04 Å². The second kappa shape index (κ2) is 7.80. The van der Waals surface area contributed by atoms with Gasteiger partial charge in [0.25, 0.3) is 0 Å². The third-order valence-electron chi connectivity index (χ3n) is 2.38. The van der Waals surface area contributed by atoms with E-state index in [9.17, 15) is 4.79 Å². The highest BCUT2D eigenvalue weighted by molar-refractivity contribution is 7.98. The summed E-state index contributed by atoms with van der Waals surface area (Å²) in [6.45, 7) is 2.47. The zero-order valence-corrected chi connectivity index (χ0v) is 11.4. The number of benzene rings is 1. The van der Waals surface area contributed by atoms with Crippen LogP contribution in [0.15, 0.2) is 29.2 Å². The van der Waals surface area contributed by atoms with E-state index in [0.29, 0.717) is 13.2 Å². The highest BCUT2D eigenvalue weighted by Crippen LogP contribution is 2.20. The smallest absolute Gasteiger partial charge is 0.327 e. The number of hydrogen-bond donors (Lipinski definition) is 1. The highest BCUT2D eigenvalue weighted by Gasteiger charge is 2.20. The molecular weight excluding hydrogens is 246 g/mol. The maximum Gasteiger partial charge on any atom is 0.327 e. The van der Waals surface area contributed by atoms with E-state index in [2.05, 4.69) is 11.2 Å². The van der Waals surface area contributed by atoms with Gasteiger partial charge in [-0.1, -0.05) is 18.1 Å². The molecule has 3 nitrogen and oxygen atoms in total. The van der Waals surface area contributed by atoms with Gasteiger partial charge in [0.2, 0.25) is 0 Å². The molecule has 0 bridgehead atoms. The summed E-state index contributed by atoms with van der Waals surface area (Å²) in [4.78, 5) is 13.0. The molecule has 0 heterocycles. The Morgan fingerprint density at radius 1 is 1.50 bits per heavy atom. The Balaban J connectivity index is 2.86. The van der Waals surface area contributed by atoms with E-state index >= 15 is 0 Å². The maximum atomic E-state index is 11.8. The van der Waals surface area contributed by atoms with Crippen molar-refractivity contribution in [3.8, 4) is 12.3 Å². The van der Waals surface area contributed by atoms with Crippen LogP contribution in [0.3, 0.4) is 0 Å². The molecule has 1 atom stereocenters. The van der Waals surface area contributed by atoms with Crippen molar-refractivity contribution in [2.75, 3.05) is 19.4 Å². The predicted molar refractivity (Wildman–Crippen MR) is 74.4 cm³/mol. The van der Waals surface area contributed by atoms with Crippen molar-refractivity contribution < 1.29 is 9.53 Å². The molecule has 1 rings (SSSR count). The number of ether oxygens (including phenoxy) is 1. The molecule has 0 fully saturated rings. The van der Waals surface area contributed by atoms with E-state index in [1.54, 1.807) is 18.7 Å². The topological polar surface area (TPSA) is 38.3 Å². The zero-order chi connectivity index (χ0) is 13.4. The lowest BCUT2D eigenvalue weighted by Gasteiger charge is -2.16. The third kappa shape index (κ3) is 4.10. The minimum absolute atomic E-state index is 0.301. The summed E-state index contributed by atoms with van der Waals surface area (Å²) >= 11 is 1.66. The molecule has 1 aromatic carbocycles. The van der Waals surface area contributed by atoms with Crippen molar-refractivity contribution in [1.82, 2.24) is 5.32 Å². The number of terminal acetylenes is 1. The molecule has 1 aromatic rings. The van der Waals surface area contributed by atoms with Crippen LogP contribution in [-0.2, 0) is 9.53 Å². The molecule has 0 saturated carbocycles. The molecule has 0 aromatic heterocycles. The monoisotopic (exact) mass is 263 g/mol. The van der Waals surface area contributed by atoms with Crippen LogP contribution in [-0.4, -0.2) is 25.4 Å². The van der Waals surface area contributed by atoms with Crippen molar-refractivity contribution in [2.45, 2.75) is 17.9 Å². The fraction of sp³-hybridized carbons (Fsp3) is 0.357. The average Bonchev–Trinajstić information content (AvgIpc) is 2.40. The first kappa shape index (κ1) is 14.6. The fourth-order valence-electron chi connectivity index (χ4n) is 1.52. The van der Waals surface area contributed by atoms with Crippen LogP contribution in [0.2, 0.25) is 0 Å². The number of esters is 1. The van der Waals surface area contributed by atoms with Gasteiger partial charge in [0.15, 0.2) is 0 Å². The van der Waals surface area contributed by atoms with Gasteiger partial charge in [-0.25, -0.2) is 4.79 Å². The summed E-state index contributed by atoms with van der Waals surface area (Å²) in [5, 5.41) is 2.99. The van der Waals surface area contributed by atoms with Crippen LogP contribution in [0.5, 0.6) is 0 Å². The van der Waals surface area contributed by atoms with Crippen molar-refractivity contribution in [3.63, 3.8) is 0 Å². The molecule has 0 aliphatic rings. The van der Waals surface area contributed by atoms with Crippen molar-refractivity contribution >= 4 is 17.7 Å². The summed E-state index contributed by atoms with van der Waals surface area (Å²) in [6, 6.07) is 7.28. The second-order valence-electron chi connectivity index (χ2n) is 3.54. The zero-order valence-electron chi connectivity index (χ0n) is 10.6. The summed E-state index contributed by atoms with van der Waals surface area (Å²) in [7, 11) is 0. The third-order valence-corrected chi connectivity index (χ3v) is 3.12. The molecular formula is C14H17NO2S. The van der Waals surface area contributed by atoms with Crippen LogP contribution in [0.4, 0.5) is 0 Å². The largest absolute Gasteiger partial charge is 0.465 e. The first-order valence-corrected chi connectivity index (χ1v) is 6.92. The lowest BCUT2D eigenvalue weighted by atomic mass is 10.1. The van der Waals surface area contributed by atoms with Crippen LogP contribution in [0.1, 0.15) is 18.5 Å². The summed E-state index contributed by atoms with van der Waals surface area (Å²) in [5.41, 5.74) is 0.862. The van der Waals surface area contributed by atoms with Gasteiger partial charge < -0.3 is 4.74 Å². The Bertz CT molecular complexity index is 422. The molecule has 0 aliphatic heterocycles. The molecule has 96 valence electrons. The van der Waals surface area contributed by atoms with Gasteiger partial charge in [0.1, 0.15) is 6.04 Å². The minimum Gasteiger partial charge on any atom is -0.465 e. The maximum absolute atomic E-state index is 11.8. The van der Waals surface area contributed by atoms with Crippen molar-refractivity contribution in [1.29, 1.82) is 0 Å². The van der Waals surface area contributed by atoms with E-state index in [4.69, 9.17) is 11.2 Å². The van der Waals surface area contributed by atoms with Gasteiger partial charge in [-0.05, 0) is 30.9 Å². The van der Waals surface area contributed by atoms with E-state index in [0.717, 1.165) is 10.5 Å². The van der Waals surface area contributed by atoms with Crippen molar-refractivity contribution in [2.24, 2.45) is 0 Å². The molecule has 1 N–H and O–H groups in total. The number of hydrogen-bond acceptors (Lipinski definition) is 4. The first-order valence-electron chi connectivity index (χ1n) is 5.70. The SMILES string of the molecule is C#CCNC(C(=O)OCC)c1ccc(SC)cc1. The highest BCUT2D eigenvalue weighted by atomic mass is 32.2. The Morgan fingerprint density at radius 3 is 2.67 bits per heavy atom. The molecule has 0 amide bonds. The Hall–Kier alpha value is -1.44. The molecule has 1 unspecified atom stereocenters. The summed E-state index contributed by atoms with van der Waals surface area (Å²) in [6.07, 6.45) is 7.22. The van der Waals surface area contributed by atoms with E-state index in [1.807, 2.05) is 30.5 Å². The first-order chi connectivity index (χ1) is 8.72. The molecule has 0 saturated heterocycles. The lowest BCUT2D eigenvalue weighted by molar-refractivity contribution is -0.145. The summed E-state index contributed by atoms with van der Waals surface area (Å²) < 4.78 is 5.04. The number of carbonyl (C=O) groups is 1. The van der Waals surface area contributed by atoms with Gasteiger partial charge in [-0.2, -0.15) is 0 Å².